The molecule has 0 aliphatic heterocycles. The number of phenolic OH excluding ortho intramolecular Hbond substituents is 1. The van der Waals surface area contributed by atoms with Gasteiger partial charge in [0.15, 0.2) is 0 Å². The topological polar surface area (TPSA) is 200 Å². The quantitative estimate of drug-likeness (QED) is 0.108. The van der Waals surface area contributed by atoms with E-state index in [1.165, 1.54) is 54.6 Å². The zero-order valence-electron chi connectivity index (χ0n) is 25.4. The molecule has 2 heterocycles. The Hall–Kier alpha value is -5.85. The van der Waals surface area contributed by atoms with Crippen molar-refractivity contribution in [2.45, 2.75) is 39.8 Å². The molecule has 236 valence electrons. The molecule has 13 heteroatoms. The van der Waals surface area contributed by atoms with Gasteiger partial charge in [-0.2, -0.15) is 0 Å². The van der Waals surface area contributed by atoms with E-state index in [2.05, 4.69) is 10.6 Å². The molecule has 3 aromatic carbocycles. The van der Waals surface area contributed by atoms with Crippen molar-refractivity contribution >= 4 is 56.7 Å². The van der Waals surface area contributed by atoms with E-state index in [4.69, 9.17) is 5.73 Å². The maximum absolute atomic E-state index is 13.6. The Kier molecular flexibility index (Phi) is 8.18. The summed E-state index contributed by atoms with van der Waals surface area (Å²) in [6.07, 6.45) is 0.509. The lowest BCUT2D eigenvalue weighted by molar-refractivity contribution is -0.120. The number of hydrogen-bond donors (Lipinski definition) is 4. The SMILES string of the molecule is CC(C)[C@H](C=O)n1c(=O)c2cc3c(=O)n([C@@H](C(=O)Nc4cc(N)cc(C(=O)Nc5ccc(O)cc5)c4)C(C)C)c(=O)c3cc2c1=O. The number of nitrogens with one attached hydrogen (secondary N) is 2. The maximum Gasteiger partial charge on any atom is 0.262 e. The van der Waals surface area contributed by atoms with E-state index in [0.29, 0.717) is 12.0 Å². The number of benzene rings is 3. The Balaban J connectivity index is 1.52. The van der Waals surface area contributed by atoms with Gasteiger partial charge in [-0.15, -0.1) is 0 Å². The van der Waals surface area contributed by atoms with Crippen LogP contribution in [0.5, 0.6) is 5.75 Å². The first-order chi connectivity index (χ1) is 21.7. The second-order valence-electron chi connectivity index (χ2n) is 11.8. The molecule has 0 fully saturated rings. The van der Waals surface area contributed by atoms with Crippen molar-refractivity contribution < 1.29 is 19.5 Å². The van der Waals surface area contributed by atoms with Gasteiger partial charge in [-0.3, -0.25) is 37.9 Å². The van der Waals surface area contributed by atoms with E-state index >= 15 is 0 Å². The molecule has 13 nitrogen and oxygen atoms in total. The summed E-state index contributed by atoms with van der Waals surface area (Å²) in [4.78, 5) is 91.8. The number of rotatable bonds is 9. The van der Waals surface area contributed by atoms with Crippen molar-refractivity contribution in [3.05, 3.63) is 102 Å². The number of carbonyl (C=O) groups excluding carboxylic acids is 3. The van der Waals surface area contributed by atoms with Crippen molar-refractivity contribution in [3.63, 3.8) is 0 Å². The second kappa shape index (κ2) is 11.9. The van der Waals surface area contributed by atoms with Crippen LogP contribution in [0.2, 0.25) is 0 Å². The molecular weight excluding hydrogens is 594 g/mol. The van der Waals surface area contributed by atoms with Crippen LogP contribution < -0.4 is 38.6 Å². The predicted molar refractivity (Wildman–Crippen MR) is 174 cm³/mol. The smallest absolute Gasteiger partial charge is 0.262 e. The standard InChI is InChI=1S/C33H31N5O8/c1-15(2)26(14-39)37-30(43)22-12-24-25(13-23(22)31(37)44)33(46)38(32(24)45)27(16(3)4)29(42)36-20-10-17(9-18(34)11-20)28(41)35-19-5-7-21(40)8-6-19/h5-16,26-27,40H,34H2,1-4H3,(H,35,41)(H,36,42)/t26-,27+/m0/s1. The van der Waals surface area contributed by atoms with Crippen LogP contribution in [0, 0.1) is 11.8 Å². The Bertz CT molecular complexity index is 2160. The maximum atomic E-state index is 13.6. The third-order valence-electron chi connectivity index (χ3n) is 7.86. The van der Waals surface area contributed by atoms with Crippen molar-refractivity contribution in [1.29, 1.82) is 0 Å². The fraction of sp³-hybridized carbons (Fsp3) is 0.242. The molecule has 0 spiro atoms. The average Bonchev–Trinajstić information content (AvgIpc) is 3.37. The number of amides is 2. The molecule has 0 radical (unpaired) electrons. The molecule has 2 aromatic heterocycles. The zero-order valence-corrected chi connectivity index (χ0v) is 25.4. The molecule has 46 heavy (non-hydrogen) atoms. The third kappa shape index (κ3) is 5.47. The molecule has 0 aliphatic rings. The number of aromatic hydroxyl groups is 1. The molecule has 5 rings (SSSR count). The molecule has 0 saturated heterocycles. The van der Waals surface area contributed by atoms with Crippen LogP contribution >= 0.6 is 0 Å². The first-order valence-corrected chi connectivity index (χ1v) is 14.4. The molecule has 0 bridgehead atoms. The van der Waals surface area contributed by atoms with Gasteiger partial charge in [0.1, 0.15) is 18.1 Å². The Morgan fingerprint density at radius 2 is 1.24 bits per heavy atom. The molecule has 0 saturated carbocycles. The van der Waals surface area contributed by atoms with Gasteiger partial charge in [0, 0.05) is 22.6 Å². The van der Waals surface area contributed by atoms with Crippen LogP contribution in [0.15, 0.2) is 73.8 Å². The number of anilines is 3. The average molecular weight is 626 g/mol. The van der Waals surface area contributed by atoms with Gasteiger partial charge in [-0.05, 0) is 66.4 Å². The van der Waals surface area contributed by atoms with Gasteiger partial charge < -0.3 is 26.3 Å². The minimum atomic E-state index is -1.32. The number of fused-ring (bicyclic) bond motifs is 2. The fourth-order valence-corrected chi connectivity index (χ4v) is 5.59. The summed E-state index contributed by atoms with van der Waals surface area (Å²) in [5.74, 6) is -2.20. The normalized spacial score (nSPS) is 12.9. The zero-order chi connectivity index (χ0) is 33.6. The van der Waals surface area contributed by atoms with Crippen LogP contribution in [0.4, 0.5) is 17.1 Å². The summed E-state index contributed by atoms with van der Waals surface area (Å²) in [6.45, 7) is 6.64. The third-order valence-corrected chi connectivity index (χ3v) is 7.86. The summed E-state index contributed by atoms with van der Waals surface area (Å²) in [5.41, 5.74) is 3.66. The molecule has 0 unspecified atom stereocenters. The van der Waals surface area contributed by atoms with Crippen molar-refractivity contribution in [1.82, 2.24) is 9.13 Å². The fourth-order valence-electron chi connectivity index (χ4n) is 5.59. The van der Waals surface area contributed by atoms with Gasteiger partial charge in [-0.1, -0.05) is 27.7 Å². The predicted octanol–water partition coefficient (Wildman–Crippen LogP) is 2.68. The first kappa shape index (κ1) is 31.6. The molecule has 0 aliphatic carbocycles. The first-order valence-electron chi connectivity index (χ1n) is 14.4. The lowest BCUT2D eigenvalue weighted by atomic mass is 10.0. The number of aromatic nitrogens is 2. The van der Waals surface area contributed by atoms with Gasteiger partial charge >= 0.3 is 0 Å². The highest BCUT2D eigenvalue weighted by atomic mass is 16.3. The van der Waals surface area contributed by atoms with E-state index in [-0.39, 0.29) is 50.2 Å². The van der Waals surface area contributed by atoms with E-state index in [1.807, 2.05) is 0 Å². The molecule has 2 atom stereocenters. The van der Waals surface area contributed by atoms with Crippen LogP contribution in [0.3, 0.4) is 0 Å². The number of nitrogens with two attached hydrogens (primary N) is 1. The summed E-state index contributed by atoms with van der Waals surface area (Å²) >= 11 is 0. The van der Waals surface area contributed by atoms with Gasteiger partial charge in [0.05, 0.1) is 27.6 Å². The van der Waals surface area contributed by atoms with E-state index < -0.39 is 52.1 Å². The lowest BCUT2D eigenvalue weighted by Crippen LogP contribution is -2.40. The van der Waals surface area contributed by atoms with Crippen molar-refractivity contribution in [2.24, 2.45) is 11.8 Å². The van der Waals surface area contributed by atoms with Crippen molar-refractivity contribution in [2.75, 3.05) is 16.4 Å². The Morgan fingerprint density at radius 3 is 1.72 bits per heavy atom. The number of nitrogen functional groups attached to an aromatic ring is 1. The Labute approximate surface area is 260 Å². The minimum Gasteiger partial charge on any atom is -0.508 e. The van der Waals surface area contributed by atoms with Gasteiger partial charge in [0.25, 0.3) is 28.1 Å². The van der Waals surface area contributed by atoms with Crippen LogP contribution in [-0.4, -0.2) is 32.3 Å². The highest BCUT2D eigenvalue weighted by molar-refractivity contribution is 6.06. The number of hydrogen-bond acceptors (Lipinski definition) is 9. The monoisotopic (exact) mass is 625 g/mol. The highest BCUT2D eigenvalue weighted by Gasteiger charge is 2.31. The summed E-state index contributed by atoms with van der Waals surface area (Å²) < 4.78 is 1.62. The summed E-state index contributed by atoms with van der Waals surface area (Å²) in [6, 6.07) is 9.98. The number of carbonyl (C=O) groups is 3. The van der Waals surface area contributed by atoms with Crippen LogP contribution in [-0.2, 0) is 9.59 Å². The molecule has 5 aromatic rings. The largest absolute Gasteiger partial charge is 0.508 e. The Morgan fingerprint density at radius 1 is 0.717 bits per heavy atom. The second-order valence-corrected chi connectivity index (χ2v) is 11.8. The van der Waals surface area contributed by atoms with Crippen LogP contribution in [0.25, 0.3) is 21.5 Å². The van der Waals surface area contributed by atoms with E-state index in [0.717, 1.165) is 9.13 Å². The number of nitrogens with zero attached hydrogens (tertiary/aromatic N) is 2. The minimum absolute atomic E-state index is 0.0248. The van der Waals surface area contributed by atoms with E-state index in [9.17, 15) is 38.7 Å². The van der Waals surface area contributed by atoms with Gasteiger partial charge in [-0.25, -0.2) is 0 Å². The van der Waals surface area contributed by atoms with Crippen LogP contribution in [0.1, 0.15) is 50.1 Å². The molecular formula is C33H31N5O8. The van der Waals surface area contributed by atoms with Crippen molar-refractivity contribution in [3.8, 4) is 5.75 Å². The highest BCUT2D eigenvalue weighted by Crippen LogP contribution is 2.24. The van der Waals surface area contributed by atoms with Gasteiger partial charge in [0.2, 0.25) is 5.91 Å². The summed E-state index contributed by atoms with van der Waals surface area (Å²) in [5, 5.41) is 14.3. The summed E-state index contributed by atoms with van der Waals surface area (Å²) in [7, 11) is 0. The molecule has 2 amide bonds. The van der Waals surface area contributed by atoms with E-state index in [1.54, 1.807) is 27.7 Å². The number of aldehydes is 1. The number of phenols is 1. The molecule has 5 N–H and O–H groups in total. The lowest BCUT2D eigenvalue weighted by Gasteiger charge is -2.21.